The Morgan fingerprint density at radius 2 is 1.95 bits per heavy atom. The predicted molar refractivity (Wildman–Crippen MR) is 83.6 cm³/mol. The van der Waals surface area contributed by atoms with Crippen LogP contribution in [0.2, 0.25) is 0 Å². The Balaban J connectivity index is 2.03. The molecule has 1 saturated heterocycles. The third-order valence-electron chi connectivity index (χ3n) is 4.62. The summed E-state index contributed by atoms with van der Waals surface area (Å²) in [5, 5.41) is 2.48. The summed E-state index contributed by atoms with van der Waals surface area (Å²) >= 11 is 0. The van der Waals surface area contributed by atoms with E-state index in [9.17, 15) is 0 Å². The van der Waals surface area contributed by atoms with Gasteiger partial charge in [0.25, 0.3) is 0 Å². The second kappa shape index (κ2) is 4.69. The van der Waals surface area contributed by atoms with Crippen molar-refractivity contribution in [3.8, 4) is 11.5 Å². The van der Waals surface area contributed by atoms with E-state index in [4.69, 9.17) is 9.47 Å². The van der Waals surface area contributed by atoms with Crippen LogP contribution in [0.25, 0.3) is 11.8 Å². The van der Waals surface area contributed by atoms with Crippen molar-refractivity contribution in [2.45, 2.75) is 18.9 Å². The maximum atomic E-state index is 5.47. The number of ether oxygens (including phenoxy) is 2. The molecule has 1 aromatic carbocycles. The number of fused-ring (bicyclic) bond motifs is 1. The molecule has 108 valence electrons. The van der Waals surface area contributed by atoms with Crippen molar-refractivity contribution in [2.75, 3.05) is 20.8 Å². The third-order valence-corrected chi connectivity index (χ3v) is 4.62. The van der Waals surface area contributed by atoms with E-state index in [1.165, 1.54) is 34.4 Å². The lowest BCUT2D eigenvalue weighted by Gasteiger charge is -2.41. The molecule has 4 rings (SSSR count). The van der Waals surface area contributed by atoms with Gasteiger partial charge in [-0.05, 0) is 41.3 Å². The summed E-state index contributed by atoms with van der Waals surface area (Å²) in [6.45, 7) is 1.12. The minimum Gasteiger partial charge on any atom is -0.493 e. The summed E-state index contributed by atoms with van der Waals surface area (Å²) in [5.41, 5.74) is 2.90. The molecule has 0 radical (unpaired) electrons. The number of nitrogens with zero attached hydrogens (tertiary/aromatic N) is 1. The van der Waals surface area contributed by atoms with E-state index < -0.39 is 0 Å². The van der Waals surface area contributed by atoms with Crippen molar-refractivity contribution in [3.05, 3.63) is 46.4 Å². The highest BCUT2D eigenvalue weighted by Gasteiger charge is 2.30. The highest BCUT2D eigenvalue weighted by molar-refractivity contribution is 5.72. The van der Waals surface area contributed by atoms with E-state index in [0.717, 1.165) is 18.0 Å². The molecule has 2 heterocycles. The molecule has 0 aromatic heterocycles. The molecule has 3 nitrogen and oxygen atoms in total. The van der Waals surface area contributed by atoms with Crippen LogP contribution in [0.15, 0.2) is 35.9 Å². The van der Waals surface area contributed by atoms with Gasteiger partial charge in [0, 0.05) is 18.0 Å². The van der Waals surface area contributed by atoms with E-state index in [1.807, 2.05) is 0 Å². The lowest BCUT2D eigenvalue weighted by atomic mass is 9.83. The summed E-state index contributed by atoms with van der Waals surface area (Å²) in [7, 11) is 3.38. The SMILES string of the molecule is COc1cc2c(cc1OC)=C1C=CC=C3CCCN(C=2)C31. The number of rotatable bonds is 2. The van der Waals surface area contributed by atoms with Gasteiger partial charge in [0.2, 0.25) is 0 Å². The quantitative estimate of drug-likeness (QED) is 0.821. The van der Waals surface area contributed by atoms with Gasteiger partial charge in [0.05, 0.1) is 20.3 Å². The maximum absolute atomic E-state index is 5.47. The van der Waals surface area contributed by atoms with Crippen LogP contribution in [0.5, 0.6) is 11.5 Å². The Labute approximate surface area is 124 Å². The van der Waals surface area contributed by atoms with Gasteiger partial charge in [-0.3, -0.25) is 0 Å². The Hall–Kier alpha value is -2.16. The van der Waals surface area contributed by atoms with Crippen molar-refractivity contribution in [2.24, 2.45) is 0 Å². The van der Waals surface area contributed by atoms with Crippen LogP contribution in [-0.2, 0) is 0 Å². The molecule has 3 aliphatic rings. The summed E-state index contributed by atoms with van der Waals surface area (Å²) in [4.78, 5) is 2.46. The number of hydrogen-bond acceptors (Lipinski definition) is 3. The molecular formula is C18H19NO2. The highest BCUT2D eigenvalue weighted by atomic mass is 16.5. The lowest BCUT2D eigenvalue weighted by Crippen LogP contribution is -2.48. The zero-order chi connectivity index (χ0) is 14.4. The lowest BCUT2D eigenvalue weighted by molar-refractivity contribution is 0.335. The fourth-order valence-corrected chi connectivity index (χ4v) is 3.67. The van der Waals surface area contributed by atoms with Crippen LogP contribution in [0.1, 0.15) is 12.8 Å². The van der Waals surface area contributed by atoms with Gasteiger partial charge in [-0.25, -0.2) is 0 Å². The number of benzene rings is 1. The molecule has 1 aliphatic carbocycles. The van der Waals surface area contributed by atoms with E-state index in [-0.39, 0.29) is 0 Å². The summed E-state index contributed by atoms with van der Waals surface area (Å²) in [5.74, 6) is 1.59. The van der Waals surface area contributed by atoms with Crippen molar-refractivity contribution in [1.82, 2.24) is 4.90 Å². The molecule has 3 heteroatoms. The van der Waals surface area contributed by atoms with Gasteiger partial charge < -0.3 is 14.4 Å². The molecule has 1 unspecified atom stereocenters. The van der Waals surface area contributed by atoms with Crippen LogP contribution in [-0.4, -0.2) is 31.7 Å². The maximum Gasteiger partial charge on any atom is 0.161 e. The van der Waals surface area contributed by atoms with Crippen LogP contribution in [0, 0.1) is 0 Å². The average Bonchev–Trinajstić information content (AvgIpc) is 2.54. The van der Waals surface area contributed by atoms with Crippen molar-refractivity contribution < 1.29 is 9.47 Å². The zero-order valence-corrected chi connectivity index (χ0v) is 12.4. The van der Waals surface area contributed by atoms with E-state index >= 15 is 0 Å². The molecule has 0 spiro atoms. The minimum atomic E-state index is 0.411. The van der Waals surface area contributed by atoms with Gasteiger partial charge in [-0.2, -0.15) is 0 Å². The van der Waals surface area contributed by atoms with Crippen LogP contribution >= 0.6 is 0 Å². The van der Waals surface area contributed by atoms with Crippen molar-refractivity contribution in [3.63, 3.8) is 0 Å². The van der Waals surface area contributed by atoms with Gasteiger partial charge in [0.15, 0.2) is 11.5 Å². The monoisotopic (exact) mass is 281 g/mol. The minimum absolute atomic E-state index is 0.411. The first-order valence-corrected chi connectivity index (χ1v) is 7.43. The molecule has 2 aliphatic heterocycles. The van der Waals surface area contributed by atoms with E-state index in [2.05, 4.69) is 41.5 Å². The number of piperidine rings is 1. The topological polar surface area (TPSA) is 21.7 Å². The second-order valence-electron chi connectivity index (χ2n) is 5.72. The molecule has 1 fully saturated rings. The Kier molecular flexibility index (Phi) is 2.81. The first-order valence-electron chi connectivity index (χ1n) is 7.43. The molecule has 21 heavy (non-hydrogen) atoms. The first kappa shape index (κ1) is 12.6. The smallest absolute Gasteiger partial charge is 0.161 e. The van der Waals surface area contributed by atoms with Gasteiger partial charge >= 0.3 is 0 Å². The summed E-state index contributed by atoms with van der Waals surface area (Å²) in [6.07, 6.45) is 11.4. The molecule has 1 atom stereocenters. The van der Waals surface area contributed by atoms with Crippen LogP contribution in [0.4, 0.5) is 0 Å². The number of methoxy groups -OCH3 is 2. The molecule has 0 bridgehead atoms. The van der Waals surface area contributed by atoms with Crippen LogP contribution < -0.4 is 19.9 Å². The molecule has 1 aromatic rings. The molecule has 0 saturated carbocycles. The Morgan fingerprint density at radius 3 is 2.76 bits per heavy atom. The molecule has 0 N–H and O–H groups in total. The fourth-order valence-electron chi connectivity index (χ4n) is 3.67. The standard InChI is InChI=1S/C18H19NO2/c1-20-16-9-13-11-19-8-4-6-12-5-3-7-14(18(12)19)15(13)10-17(16)21-2/h3,5,7,9-11,18H,4,6,8H2,1-2H3. The summed E-state index contributed by atoms with van der Waals surface area (Å²) < 4.78 is 10.9. The van der Waals surface area contributed by atoms with E-state index in [0.29, 0.717) is 6.04 Å². The fraction of sp³-hybridized carbons (Fsp3) is 0.333. The van der Waals surface area contributed by atoms with Gasteiger partial charge in [-0.1, -0.05) is 18.2 Å². The summed E-state index contributed by atoms with van der Waals surface area (Å²) in [6, 6.07) is 4.60. The first-order chi connectivity index (χ1) is 10.3. The normalized spacial score (nSPS) is 22.0. The van der Waals surface area contributed by atoms with Crippen LogP contribution in [0.3, 0.4) is 0 Å². The highest BCUT2D eigenvalue weighted by Crippen LogP contribution is 2.33. The zero-order valence-electron chi connectivity index (χ0n) is 12.4. The largest absolute Gasteiger partial charge is 0.493 e. The number of allylic oxidation sites excluding steroid dienone is 2. The predicted octanol–water partition coefficient (Wildman–Crippen LogP) is 1.57. The third kappa shape index (κ3) is 1.80. The second-order valence-corrected chi connectivity index (χ2v) is 5.72. The van der Waals surface area contributed by atoms with Crippen molar-refractivity contribution >= 4 is 11.8 Å². The van der Waals surface area contributed by atoms with Crippen molar-refractivity contribution in [1.29, 1.82) is 0 Å². The van der Waals surface area contributed by atoms with E-state index in [1.54, 1.807) is 14.2 Å². The molecule has 0 amide bonds. The average molecular weight is 281 g/mol. The Morgan fingerprint density at radius 1 is 1.14 bits per heavy atom. The van der Waals surface area contributed by atoms with Gasteiger partial charge in [0.1, 0.15) is 0 Å². The Bertz CT molecular complexity index is 773. The molecular weight excluding hydrogens is 262 g/mol. The number of hydrogen-bond donors (Lipinski definition) is 0. The van der Waals surface area contributed by atoms with Gasteiger partial charge in [-0.15, -0.1) is 0 Å².